The van der Waals surface area contributed by atoms with E-state index in [0.29, 0.717) is 17.9 Å². The number of rotatable bonds is 6. The van der Waals surface area contributed by atoms with Crippen LogP contribution in [0.15, 0.2) is 48.5 Å². The number of hydrogen-bond acceptors (Lipinski definition) is 4. The molecule has 5 nitrogen and oxygen atoms in total. The molecule has 0 aliphatic rings. The van der Waals surface area contributed by atoms with Crippen LogP contribution < -0.4 is 10.1 Å². The number of para-hydroxylation sites is 1. The first kappa shape index (κ1) is 16.5. The number of anilines is 1. The van der Waals surface area contributed by atoms with E-state index in [9.17, 15) is 9.59 Å². The van der Waals surface area contributed by atoms with Crippen molar-refractivity contribution >= 4 is 17.6 Å². The van der Waals surface area contributed by atoms with Crippen LogP contribution >= 0.6 is 0 Å². The predicted molar refractivity (Wildman–Crippen MR) is 87.7 cm³/mol. The Balaban J connectivity index is 1.95. The van der Waals surface area contributed by atoms with Crippen molar-refractivity contribution in [1.82, 2.24) is 0 Å². The summed E-state index contributed by atoms with van der Waals surface area (Å²) in [4.78, 5) is 23.4. The van der Waals surface area contributed by atoms with Crippen molar-refractivity contribution in [2.24, 2.45) is 0 Å². The average Bonchev–Trinajstić information content (AvgIpc) is 2.56. The SMILES string of the molecule is CCOC(=O)COc1ccc(C(=O)Nc2ccccc2C)cc1. The minimum Gasteiger partial charge on any atom is -0.482 e. The molecule has 0 unspecified atom stereocenters. The van der Waals surface area contributed by atoms with E-state index in [1.54, 1.807) is 31.2 Å². The van der Waals surface area contributed by atoms with E-state index in [-0.39, 0.29) is 12.5 Å². The van der Waals surface area contributed by atoms with Crippen LogP contribution in [0.4, 0.5) is 5.69 Å². The molecule has 120 valence electrons. The van der Waals surface area contributed by atoms with E-state index in [0.717, 1.165) is 11.3 Å². The molecular weight excluding hydrogens is 294 g/mol. The number of amides is 1. The molecule has 1 amide bonds. The molecule has 5 heteroatoms. The Labute approximate surface area is 135 Å². The number of carbonyl (C=O) groups is 2. The molecule has 0 spiro atoms. The molecule has 0 bridgehead atoms. The van der Waals surface area contributed by atoms with E-state index in [2.05, 4.69) is 5.32 Å². The van der Waals surface area contributed by atoms with Gasteiger partial charge in [0.1, 0.15) is 5.75 Å². The Kier molecular flexibility index (Phi) is 5.74. The van der Waals surface area contributed by atoms with Crippen molar-refractivity contribution in [1.29, 1.82) is 0 Å². The zero-order chi connectivity index (χ0) is 16.7. The van der Waals surface area contributed by atoms with E-state index >= 15 is 0 Å². The summed E-state index contributed by atoms with van der Waals surface area (Å²) in [6.07, 6.45) is 0. The molecule has 0 aliphatic carbocycles. The number of nitrogens with one attached hydrogen (secondary N) is 1. The van der Waals surface area contributed by atoms with E-state index in [1.165, 1.54) is 0 Å². The van der Waals surface area contributed by atoms with Gasteiger partial charge in [-0.15, -0.1) is 0 Å². The van der Waals surface area contributed by atoms with Crippen LogP contribution in [0.2, 0.25) is 0 Å². The van der Waals surface area contributed by atoms with Crippen LogP contribution in [0.25, 0.3) is 0 Å². The van der Waals surface area contributed by atoms with E-state index in [1.807, 2.05) is 31.2 Å². The van der Waals surface area contributed by atoms with Crippen LogP contribution in [0.5, 0.6) is 5.75 Å². The molecule has 2 aromatic rings. The molecule has 0 aliphatic heterocycles. The van der Waals surface area contributed by atoms with Gasteiger partial charge in [0.05, 0.1) is 6.61 Å². The van der Waals surface area contributed by atoms with Gasteiger partial charge in [-0.2, -0.15) is 0 Å². The zero-order valence-electron chi connectivity index (χ0n) is 13.2. The molecule has 2 aromatic carbocycles. The molecule has 0 saturated heterocycles. The quantitative estimate of drug-likeness (QED) is 0.832. The first-order chi connectivity index (χ1) is 11.1. The second kappa shape index (κ2) is 7.98. The van der Waals surface area contributed by atoms with E-state index < -0.39 is 5.97 Å². The number of esters is 1. The van der Waals surface area contributed by atoms with Gasteiger partial charge in [-0.1, -0.05) is 18.2 Å². The summed E-state index contributed by atoms with van der Waals surface area (Å²) >= 11 is 0. The van der Waals surface area contributed by atoms with Crippen LogP contribution in [-0.4, -0.2) is 25.1 Å². The summed E-state index contributed by atoms with van der Waals surface area (Å²) in [6, 6.07) is 14.2. The lowest BCUT2D eigenvalue weighted by Crippen LogP contribution is -2.15. The third-order valence-electron chi connectivity index (χ3n) is 3.17. The predicted octanol–water partition coefficient (Wildman–Crippen LogP) is 3.19. The van der Waals surface area contributed by atoms with Gasteiger partial charge in [-0.3, -0.25) is 4.79 Å². The third-order valence-corrected chi connectivity index (χ3v) is 3.17. The van der Waals surface area contributed by atoms with Crippen LogP contribution in [0, 0.1) is 6.92 Å². The summed E-state index contributed by atoms with van der Waals surface area (Å²) < 4.78 is 10.1. The summed E-state index contributed by atoms with van der Waals surface area (Å²) in [5.41, 5.74) is 2.28. The second-order valence-electron chi connectivity index (χ2n) is 4.89. The maximum Gasteiger partial charge on any atom is 0.344 e. The number of benzene rings is 2. The average molecular weight is 313 g/mol. The third kappa shape index (κ3) is 4.85. The van der Waals surface area contributed by atoms with Gasteiger partial charge in [0.2, 0.25) is 0 Å². The molecule has 1 N–H and O–H groups in total. The van der Waals surface area contributed by atoms with Gasteiger partial charge in [-0.25, -0.2) is 4.79 Å². The molecular formula is C18H19NO4. The minimum absolute atomic E-state index is 0.150. The Bertz CT molecular complexity index is 680. The van der Waals surface area contributed by atoms with Gasteiger partial charge >= 0.3 is 5.97 Å². The molecule has 23 heavy (non-hydrogen) atoms. The minimum atomic E-state index is -0.422. The van der Waals surface area contributed by atoms with Crippen molar-refractivity contribution in [2.45, 2.75) is 13.8 Å². The lowest BCUT2D eigenvalue weighted by atomic mass is 10.1. The maximum absolute atomic E-state index is 12.2. The zero-order valence-corrected chi connectivity index (χ0v) is 13.2. The van der Waals surface area contributed by atoms with Crippen molar-refractivity contribution in [3.05, 3.63) is 59.7 Å². The second-order valence-corrected chi connectivity index (χ2v) is 4.89. The Hall–Kier alpha value is -2.82. The lowest BCUT2D eigenvalue weighted by molar-refractivity contribution is -0.145. The highest BCUT2D eigenvalue weighted by atomic mass is 16.6. The van der Waals surface area contributed by atoms with Crippen LogP contribution in [0.3, 0.4) is 0 Å². The largest absolute Gasteiger partial charge is 0.482 e. The van der Waals surface area contributed by atoms with Gasteiger partial charge in [0.15, 0.2) is 6.61 Å². The molecule has 0 atom stereocenters. The van der Waals surface area contributed by atoms with Crippen LogP contribution in [0.1, 0.15) is 22.8 Å². The summed E-state index contributed by atoms with van der Waals surface area (Å²) in [5.74, 6) is -0.115. The summed E-state index contributed by atoms with van der Waals surface area (Å²) in [6.45, 7) is 3.84. The maximum atomic E-state index is 12.2. The lowest BCUT2D eigenvalue weighted by Gasteiger charge is -2.09. The van der Waals surface area contributed by atoms with Crippen molar-refractivity contribution in [2.75, 3.05) is 18.5 Å². The van der Waals surface area contributed by atoms with Gasteiger partial charge < -0.3 is 14.8 Å². The van der Waals surface area contributed by atoms with Gasteiger partial charge in [0, 0.05) is 11.3 Å². The molecule has 0 saturated carbocycles. The molecule has 2 rings (SSSR count). The normalized spacial score (nSPS) is 10.0. The monoisotopic (exact) mass is 313 g/mol. The molecule has 0 aromatic heterocycles. The fourth-order valence-corrected chi connectivity index (χ4v) is 1.96. The standard InChI is InChI=1S/C18H19NO4/c1-3-22-17(20)12-23-15-10-8-14(9-11-15)18(21)19-16-7-5-4-6-13(16)2/h4-11H,3,12H2,1-2H3,(H,19,21). The van der Waals surface area contributed by atoms with Crippen molar-refractivity contribution in [3.8, 4) is 5.75 Å². The molecule has 0 heterocycles. The topological polar surface area (TPSA) is 64.6 Å². The van der Waals surface area contributed by atoms with Gasteiger partial charge in [-0.05, 0) is 49.7 Å². The highest BCUT2D eigenvalue weighted by Gasteiger charge is 2.08. The van der Waals surface area contributed by atoms with Crippen LogP contribution in [-0.2, 0) is 9.53 Å². The smallest absolute Gasteiger partial charge is 0.344 e. The summed E-state index contributed by atoms with van der Waals surface area (Å²) in [7, 11) is 0. The highest BCUT2D eigenvalue weighted by molar-refractivity contribution is 6.04. The van der Waals surface area contributed by atoms with E-state index in [4.69, 9.17) is 9.47 Å². The summed E-state index contributed by atoms with van der Waals surface area (Å²) in [5, 5.41) is 2.86. The highest BCUT2D eigenvalue weighted by Crippen LogP contribution is 2.16. The number of carbonyl (C=O) groups excluding carboxylic acids is 2. The Morgan fingerprint density at radius 3 is 2.39 bits per heavy atom. The fourth-order valence-electron chi connectivity index (χ4n) is 1.96. The molecule has 0 radical (unpaired) electrons. The van der Waals surface area contributed by atoms with Crippen molar-refractivity contribution in [3.63, 3.8) is 0 Å². The first-order valence-corrected chi connectivity index (χ1v) is 7.35. The number of hydrogen-bond donors (Lipinski definition) is 1. The molecule has 0 fully saturated rings. The fraction of sp³-hybridized carbons (Fsp3) is 0.222. The van der Waals surface area contributed by atoms with Crippen molar-refractivity contribution < 1.29 is 19.1 Å². The first-order valence-electron chi connectivity index (χ1n) is 7.35. The Morgan fingerprint density at radius 2 is 1.74 bits per heavy atom. The number of ether oxygens (including phenoxy) is 2. The number of aryl methyl sites for hydroxylation is 1. The van der Waals surface area contributed by atoms with Gasteiger partial charge in [0.25, 0.3) is 5.91 Å². The Morgan fingerprint density at radius 1 is 1.04 bits per heavy atom.